The van der Waals surface area contributed by atoms with Gasteiger partial charge in [0.15, 0.2) is 0 Å². The highest BCUT2D eigenvalue weighted by Crippen LogP contribution is 2.50. The minimum absolute atomic E-state index is 0.226. The molecule has 0 amide bonds. The zero-order valence-electron chi connectivity index (χ0n) is 10.9. The van der Waals surface area contributed by atoms with Gasteiger partial charge in [-0.3, -0.25) is 0 Å². The molecular weight excluding hydrogens is 243 g/mol. The molecule has 0 aliphatic carbocycles. The van der Waals surface area contributed by atoms with Gasteiger partial charge in [-0.15, -0.1) is 0 Å². The number of hydrogen-bond acceptors (Lipinski definition) is 5. The highest BCUT2D eigenvalue weighted by molar-refractivity contribution is 7.71. The number of rotatable bonds is 10. The molecule has 0 rings (SSSR count). The topological polar surface area (TPSA) is 61.8 Å². The van der Waals surface area contributed by atoms with Crippen LogP contribution < -0.4 is 0 Å². The zero-order chi connectivity index (χ0) is 13.1. The molecule has 0 aliphatic heterocycles. The van der Waals surface area contributed by atoms with Gasteiger partial charge in [0.25, 0.3) is 0 Å². The molecule has 0 aromatic heterocycles. The summed E-state index contributed by atoms with van der Waals surface area (Å²) in [6.07, 6.45) is 2.99. The van der Waals surface area contributed by atoms with Gasteiger partial charge in [-0.05, 0) is 19.3 Å². The Bertz CT molecular complexity index is 242. The van der Waals surface area contributed by atoms with Gasteiger partial charge >= 0.3 is 13.3 Å². The molecule has 0 aromatic rings. The van der Waals surface area contributed by atoms with E-state index < -0.39 is 13.3 Å². The molecule has 0 spiro atoms. The van der Waals surface area contributed by atoms with Crippen molar-refractivity contribution in [3.8, 4) is 0 Å². The highest BCUT2D eigenvalue weighted by atomic mass is 31.2. The van der Waals surface area contributed by atoms with Crippen molar-refractivity contribution in [2.24, 2.45) is 0 Å². The van der Waals surface area contributed by atoms with Crippen LogP contribution in [0.2, 0.25) is 0 Å². The van der Waals surface area contributed by atoms with Crippen molar-refractivity contribution < 1.29 is 23.1 Å². The van der Waals surface area contributed by atoms with E-state index >= 15 is 0 Å². The molecule has 0 bridgehead atoms. The Hall–Kier alpha value is -0.380. The van der Waals surface area contributed by atoms with Crippen molar-refractivity contribution >= 4 is 13.3 Å². The molecule has 17 heavy (non-hydrogen) atoms. The summed E-state index contributed by atoms with van der Waals surface area (Å²) in [4.78, 5) is 11.6. The van der Waals surface area contributed by atoms with Gasteiger partial charge < -0.3 is 13.8 Å². The van der Waals surface area contributed by atoms with Gasteiger partial charge in [0, 0.05) is 0 Å². The van der Waals surface area contributed by atoms with Crippen LogP contribution in [0.5, 0.6) is 0 Å². The van der Waals surface area contributed by atoms with Gasteiger partial charge in [-0.1, -0.05) is 27.2 Å². The second-order valence-corrected chi connectivity index (χ2v) is 5.51. The molecule has 0 saturated heterocycles. The molecule has 0 atom stereocenters. The normalized spacial score (nSPS) is 11.5. The van der Waals surface area contributed by atoms with Crippen LogP contribution in [0.3, 0.4) is 0 Å². The van der Waals surface area contributed by atoms with Crippen LogP contribution in [-0.2, 0) is 18.3 Å². The second kappa shape index (κ2) is 9.63. The fraction of sp³-hybridized carbons (Fsp3) is 0.909. The van der Waals surface area contributed by atoms with Crippen molar-refractivity contribution in [3.05, 3.63) is 0 Å². The van der Waals surface area contributed by atoms with Gasteiger partial charge in [0.05, 0.1) is 19.8 Å². The monoisotopic (exact) mass is 266 g/mol. The van der Waals surface area contributed by atoms with Gasteiger partial charge in [-0.25, -0.2) is 9.36 Å². The third-order valence-electron chi connectivity index (χ3n) is 1.88. The van der Waals surface area contributed by atoms with E-state index in [1.54, 1.807) is 0 Å². The van der Waals surface area contributed by atoms with Crippen molar-refractivity contribution in [2.75, 3.05) is 19.8 Å². The minimum atomic E-state index is -3.74. The Kier molecular flexibility index (Phi) is 9.41. The van der Waals surface area contributed by atoms with Crippen LogP contribution in [0, 0.1) is 0 Å². The highest BCUT2D eigenvalue weighted by Gasteiger charge is 2.36. The van der Waals surface area contributed by atoms with Crippen LogP contribution in [0.1, 0.15) is 46.5 Å². The Morgan fingerprint density at radius 3 is 1.88 bits per heavy atom. The molecule has 0 saturated carbocycles. The molecule has 0 fully saturated rings. The summed E-state index contributed by atoms with van der Waals surface area (Å²) in [5.41, 5.74) is -0.868. The van der Waals surface area contributed by atoms with Crippen LogP contribution in [0.4, 0.5) is 4.79 Å². The lowest BCUT2D eigenvalue weighted by molar-refractivity contribution is 0.144. The summed E-state index contributed by atoms with van der Waals surface area (Å²) in [6.45, 7) is 6.42. The lowest BCUT2D eigenvalue weighted by atomic mass is 10.4. The molecule has 0 heterocycles. The van der Waals surface area contributed by atoms with E-state index in [2.05, 4.69) is 0 Å². The van der Waals surface area contributed by atoms with Crippen LogP contribution in [0.25, 0.3) is 0 Å². The average molecular weight is 266 g/mol. The summed E-state index contributed by atoms with van der Waals surface area (Å²) in [5, 5.41) is 0. The summed E-state index contributed by atoms with van der Waals surface area (Å²) in [7, 11) is -3.74. The smallest absolute Gasteiger partial charge is 0.438 e. The Morgan fingerprint density at radius 2 is 1.47 bits per heavy atom. The predicted molar refractivity (Wildman–Crippen MR) is 66.3 cm³/mol. The molecule has 6 heteroatoms. The summed E-state index contributed by atoms with van der Waals surface area (Å²) >= 11 is 0. The third-order valence-corrected chi connectivity index (χ3v) is 3.50. The minimum Gasteiger partial charge on any atom is -0.457 e. The van der Waals surface area contributed by atoms with Crippen LogP contribution >= 0.6 is 7.60 Å². The second-order valence-electron chi connectivity index (χ2n) is 3.63. The predicted octanol–water partition coefficient (Wildman–Crippen LogP) is 3.97. The maximum absolute atomic E-state index is 12.1. The first-order chi connectivity index (χ1) is 8.10. The first-order valence-electron chi connectivity index (χ1n) is 6.17. The first kappa shape index (κ1) is 16.6. The Morgan fingerprint density at radius 1 is 0.941 bits per heavy atom. The number of carbonyl (C=O) groups is 1. The maximum Gasteiger partial charge on any atom is 0.438 e. The summed E-state index contributed by atoms with van der Waals surface area (Å²) in [5.74, 6) is 0. The van der Waals surface area contributed by atoms with Crippen molar-refractivity contribution in [2.45, 2.75) is 46.5 Å². The zero-order valence-corrected chi connectivity index (χ0v) is 11.8. The van der Waals surface area contributed by atoms with Gasteiger partial charge in [0.1, 0.15) is 0 Å². The number of carbonyl (C=O) groups excluding carboxylic acids is 1. The number of unbranched alkanes of at least 4 members (excludes halogenated alkanes) is 1. The van der Waals surface area contributed by atoms with Crippen LogP contribution in [0.15, 0.2) is 0 Å². The van der Waals surface area contributed by atoms with E-state index in [-0.39, 0.29) is 19.8 Å². The number of hydrogen-bond donors (Lipinski definition) is 0. The molecule has 0 aliphatic rings. The van der Waals surface area contributed by atoms with Crippen molar-refractivity contribution in [1.29, 1.82) is 0 Å². The maximum atomic E-state index is 12.1. The van der Waals surface area contributed by atoms with Gasteiger partial charge in [0.2, 0.25) is 0 Å². The molecule has 0 unspecified atom stereocenters. The lowest BCUT2D eigenvalue weighted by Crippen LogP contribution is -2.11. The molecular formula is C11H23O5P. The van der Waals surface area contributed by atoms with E-state index in [1.807, 2.05) is 20.8 Å². The van der Waals surface area contributed by atoms with E-state index in [1.165, 1.54) is 0 Å². The van der Waals surface area contributed by atoms with Gasteiger partial charge in [-0.2, -0.15) is 0 Å². The number of ether oxygens (including phenoxy) is 1. The van der Waals surface area contributed by atoms with Crippen molar-refractivity contribution in [3.63, 3.8) is 0 Å². The fourth-order valence-electron chi connectivity index (χ4n) is 0.948. The third kappa shape index (κ3) is 6.81. The quantitative estimate of drug-likeness (QED) is 0.442. The van der Waals surface area contributed by atoms with E-state index in [0.29, 0.717) is 12.8 Å². The molecule has 102 valence electrons. The first-order valence-corrected chi connectivity index (χ1v) is 7.71. The Balaban J connectivity index is 4.32. The molecule has 0 radical (unpaired) electrons. The van der Waals surface area contributed by atoms with E-state index in [0.717, 1.165) is 12.8 Å². The molecule has 5 nitrogen and oxygen atoms in total. The van der Waals surface area contributed by atoms with Crippen LogP contribution in [-0.4, -0.2) is 25.5 Å². The average Bonchev–Trinajstić information content (AvgIpc) is 2.34. The van der Waals surface area contributed by atoms with E-state index in [9.17, 15) is 9.36 Å². The standard InChI is InChI=1S/C11H23O5P/c1-4-7-10-14-11(12)17(13,15-8-5-2)16-9-6-3/h4-10H2,1-3H3. The van der Waals surface area contributed by atoms with Crippen molar-refractivity contribution in [1.82, 2.24) is 0 Å². The summed E-state index contributed by atoms with van der Waals surface area (Å²) in [6, 6.07) is 0. The van der Waals surface area contributed by atoms with E-state index in [4.69, 9.17) is 13.8 Å². The largest absolute Gasteiger partial charge is 0.457 e. The SMILES string of the molecule is CCCCOC(=O)P(=O)(OCCC)OCCC. The Labute approximate surface area is 103 Å². The lowest BCUT2D eigenvalue weighted by Gasteiger charge is -2.16. The molecule has 0 N–H and O–H groups in total. The fourth-order valence-corrected chi connectivity index (χ4v) is 2.33. The molecule has 0 aromatic carbocycles. The summed E-state index contributed by atoms with van der Waals surface area (Å²) < 4.78 is 27.1.